The summed E-state index contributed by atoms with van der Waals surface area (Å²) in [5.41, 5.74) is 6.64. The molecule has 0 aliphatic carbocycles. The van der Waals surface area contributed by atoms with Crippen LogP contribution < -0.4 is 15.7 Å². The number of aromatic nitrogens is 1. The fourth-order valence-electron chi connectivity index (χ4n) is 2.66. The first-order chi connectivity index (χ1) is 11.9. The molecular formula is C14H15BN4O5S. The number of oxime groups is 1. The Hall–Kier alpha value is -2.79. The number of hydrogen-bond acceptors (Lipinski definition) is 9. The van der Waals surface area contributed by atoms with Crippen LogP contribution in [-0.2, 0) is 11.2 Å². The zero-order valence-electron chi connectivity index (χ0n) is 13.1. The number of rotatable bonds is 3. The van der Waals surface area contributed by atoms with Crippen LogP contribution in [0.3, 0.4) is 0 Å². The molecule has 1 aliphatic heterocycles. The van der Waals surface area contributed by atoms with Crippen LogP contribution in [0.25, 0.3) is 0 Å². The number of phenolic OH excluding ortho intramolecular Hbond substituents is 1. The molecule has 0 bridgehead atoms. The van der Waals surface area contributed by atoms with Crippen molar-refractivity contribution in [1.82, 2.24) is 10.3 Å². The quantitative estimate of drug-likeness (QED) is 0.224. The number of aromatic hydroxyl groups is 1. The van der Waals surface area contributed by atoms with Crippen molar-refractivity contribution < 1.29 is 24.8 Å². The molecule has 2 heterocycles. The highest BCUT2D eigenvalue weighted by Gasteiger charge is 2.38. The summed E-state index contributed by atoms with van der Waals surface area (Å²) >= 11 is 1.10. The van der Waals surface area contributed by atoms with Gasteiger partial charge in [-0.15, -0.1) is 11.3 Å². The maximum atomic E-state index is 12.3. The van der Waals surface area contributed by atoms with Gasteiger partial charge in [-0.25, -0.2) is 4.98 Å². The number of nitrogens with one attached hydrogen (secondary N) is 1. The summed E-state index contributed by atoms with van der Waals surface area (Å²) in [6.07, 6.45) is 0.232. The van der Waals surface area contributed by atoms with E-state index in [-0.39, 0.29) is 28.7 Å². The predicted octanol–water partition coefficient (Wildman–Crippen LogP) is 0.0572. The van der Waals surface area contributed by atoms with Gasteiger partial charge in [0.25, 0.3) is 5.91 Å². The predicted molar refractivity (Wildman–Crippen MR) is 91.9 cm³/mol. The van der Waals surface area contributed by atoms with E-state index in [1.165, 1.54) is 17.5 Å². The summed E-state index contributed by atoms with van der Waals surface area (Å²) in [5.74, 6) is -0.995. The highest BCUT2D eigenvalue weighted by Crippen LogP contribution is 2.33. The van der Waals surface area contributed by atoms with Crippen LogP contribution in [0.15, 0.2) is 22.7 Å². The molecule has 2 aromatic rings. The van der Waals surface area contributed by atoms with Crippen LogP contribution in [-0.4, -0.2) is 45.0 Å². The number of aryl methyl sites for hydroxylation is 1. The van der Waals surface area contributed by atoms with Gasteiger partial charge < -0.3 is 31.0 Å². The maximum Gasteiger partial charge on any atom is 0.547 e. The molecule has 11 heteroatoms. The molecule has 0 radical (unpaired) electrons. The second-order valence-corrected chi connectivity index (χ2v) is 6.45. The number of nitrogen functional groups attached to an aromatic ring is 1. The zero-order valence-corrected chi connectivity index (χ0v) is 13.9. The Bertz CT molecular complexity index is 856. The number of carbonyl (C=O) groups excluding carboxylic acids is 1. The Morgan fingerprint density at radius 2 is 2.32 bits per heavy atom. The lowest BCUT2D eigenvalue weighted by atomic mass is 9.72. The largest absolute Gasteiger partial charge is 0.547 e. The van der Waals surface area contributed by atoms with E-state index in [0.29, 0.717) is 16.9 Å². The highest BCUT2D eigenvalue weighted by atomic mass is 32.1. The lowest BCUT2D eigenvalue weighted by molar-refractivity contribution is -0.115. The molecule has 0 spiro atoms. The Morgan fingerprint density at radius 1 is 1.56 bits per heavy atom. The third-order valence-electron chi connectivity index (χ3n) is 3.76. The van der Waals surface area contributed by atoms with Crippen LogP contribution in [0.5, 0.6) is 11.5 Å². The molecule has 1 aliphatic rings. The van der Waals surface area contributed by atoms with E-state index in [9.17, 15) is 14.9 Å². The molecule has 130 valence electrons. The molecule has 3 rings (SSSR count). The number of benzene rings is 1. The van der Waals surface area contributed by atoms with Gasteiger partial charge in [-0.3, -0.25) is 4.79 Å². The first-order valence-electron chi connectivity index (χ1n) is 7.30. The molecule has 1 aromatic heterocycles. The van der Waals surface area contributed by atoms with Crippen molar-refractivity contribution >= 4 is 35.2 Å². The van der Waals surface area contributed by atoms with E-state index in [1.807, 2.05) is 0 Å². The van der Waals surface area contributed by atoms with Gasteiger partial charge in [0.1, 0.15) is 17.2 Å². The number of nitrogens with zero attached hydrogens (tertiary/aromatic N) is 2. The molecular weight excluding hydrogens is 347 g/mol. The van der Waals surface area contributed by atoms with Gasteiger partial charge in [-0.2, -0.15) is 0 Å². The Labute approximate surface area is 146 Å². The number of fused-ring (bicyclic) bond motifs is 1. The zero-order chi connectivity index (χ0) is 18.1. The third-order valence-corrected chi connectivity index (χ3v) is 4.43. The summed E-state index contributed by atoms with van der Waals surface area (Å²) in [6, 6.07) is 3.03. The van der Waals surface area contributed by atoms with Crippen molar-refractivity contribution in [1.29, 1.82) is 0 Å². The molecule has 25 heavy (non-hydrogen) atoms. The second kappa shape index (κ2) is 6.61. The number of anilines is 1. The number of amides is 1. The molecule has 9 nitrogen and oxygen atoms in total. The van der Waals surface area contributed by atoms with Crippen LogP contribution in [0.1, 0.15) is 16.8 Å². The summed E-state index contributed by atoms with van der Waals surface area (Å²) in [4.78, 5) is 16.2. The van der Waals surface area contributed by atoms with Crippen LogP contribution in [0.2, 0.25) is 0 Å². The molecule has 1 atom stereocenters. The van der Waals surface area contributed by atoms with Crippen molar-refractivity contribution in [2.75, 3.05) is 5.73 Å². The molecule has 6 N–H and O–H groups in total. The smallest absolute Gasteiger partial charge is 0.534 e. The van der Waals surface area contributed by atoms with Gasteiger partial charge >= 0.3 is 7.12 Å². The van der Waals surface area contributed by atoms with E-state index >= 15 is 0 Å². The van der Waals surface area contributed by atoms with Gasteiger partial charge in [0, 0.05) is 5.38 Å². The van der Waals surface area contributed by atoms with Crippen molar-refractivity contribution in [3.63, 3.8) is 0 Å². The first kappa shape index (κ1) is 17.1. The summed E-state index contributed by atoms with van der Waals surface area (Å²) in [7, 11) is -1.29. The molecule has 0 unspecified atom stereocenters. The Balaban J connectivity index is 1.79. The Kier molecular flexibility index (Phi) is 4.51. The number of phenols is 1. The van der Waals surface area contributed by atoms with Gasteiger partial charge in [-0.05, 0) is 36.6 Å². The maximum absolute atomic E-state index is 12.3. The standard InChI is InChI=1S/C14H15BN4O5S/c1-6-2-8(20)3-7-4-10(15(22)24-12(6)7)18-13(21)11(19-23)9-5-25-14(16)17-9/h2-3,5,10,20,22-23H,4H2,1H3,(H2,16,17)(H,18,21)/b19-11-/t10-/m0/s1. The number of hydrogen-bond donors (Lipinski definition) is 5. The van der Waals surface area contributed by atoms with Gasteiger partial charge in [0.15, 0.2) is 10.8 Å². The molecule has 0 saturated heterocycles. The normalized spacial score (nSPS) is 17.0. The number of nitrogens with two attached hydrogens (primary N) is 1. The van der Waals surface area contributed by atoms with Gasteiger partial charge in [-0.1, -0.05) is 5.16 Å². The lowest BCUT2D eigenvalue weighted by Crippen LogP contribution is -2.54. The topological polar surface area (TPSA) is 150 Å². The SMILES string of the molecule is Cc1cc(O)cc2c1OB(O)[C@@H](NC(=O)/C(=N\O)c1csc(N)n1)C2. The minimum Gasteiger partial charge on any atom is -0.534 e. The highest BCUT2D eigenvalue weighted by molar-refractivity contribution is 7.13. The van der Waals surface area contributed by atoms with E-state index in [1.54, 1.807) is 6.92 Å². The van der Waals surface area contributed by atoms with Crippen molar-refractivity contribution in [3.05, 3.63) is 34.3 Å². The fraction of sp³-hybridized carbons (Fsp3) is 0.214. The second-order valence-electron chi connectivity index (χ2n) is 5.56. The van der Waals surface area contributed by atoms with Crippen LogP contribution >= 0.6 is 11.3 Å². The van der Waals surface area contributed by atoms with Gasteiger partial charge in [0.2, 0.25) is 0 Å². The number of carbonyl (C=O) groups is 1. The van der Waals surface area contributed by atoms with Gasteiger partial charge in [0.05, 0.1) is 5.94 Å². The van der Waals surface area contributed by atoms with E-state index < -0.39 is 19.0 Å². The monoisotopic (exact) mass is 362 g/mol. The third kappa shape index (κ3) is 3.37. The number of thiazole rings is 1. The summed E-state index contributed by atoms with van der Waals surface area (Å²) in [5, 5.41) is 36.2. The van der Waals surface area contributed by atoms with Crippen LogP contribution in [0, 0.1) is 6.92 Å². The minimum absolute atomic E-state index is 0.0666. The van der Waals surface area contributed by atoms with Crippen molar-refractivity contribution in [3.8, 4) is 11.5 Å². The first-order valence-corrected chi connectivity index (χ1v) is 8.18. The van der Waals surface area contributed by atoms with E-state index in [4.69, 9.17) is 15.6 Å². The summed E-state index contributed by atoms with van der Waals surface area (Å²) < 4.78 is 5.45. The summed E-state index contributed by atoms with van der Waals surface area (Å²) in [6.45, 7) is 1.74. The van der Waals surface area contributed by atoms with E-state index in [0.717, 1.165) is 11.3 Å². The van der Waals surface area contributed by atoms with Crippen molar-refractivity contribution in [2.45, 2.75) is 19.3 Å². The average molecular weight is 362 g/mol. The molecule has 1 amide bonds. The van der Waals surface area contributed by atoms with Crippen LogP contribution in [0.4, 0.5) is 5.13 Å². The molecule has 1 aromatic carbocycles. The molecule has 0 fully saturated rings. The lowest BCUT2D eigenvalue weighted by Gasteiger charge is -2.29. The fourth-order valence-corrected chi connectivity index (χ4v) is 3.20. The van der Waals surface area contributed by atoms with E-state index in [2.05, 4.69) is 15.5 Å². The average Bonchev–Trinajstić information content (AvgIpc) is 2.96. The Morgan fingerprint density at radius 3 is 2.96 bits per heavy atom. The minimum atomic E-state index is -1.29. The molecule has 0 saturated carbocycles. The van der Waals surface area contributed by atoms with Crippen molar-refractivity contribution in [2.24, 2.45) is 5.16 Å².